The van der Waals surface area contributed by atoms with Gasteiger partial charge in [-0.1, -0.05) is 12.8 Å². The zero-order chi connectivity index (χ0) is 17.2. The van der Waals surface area contributed by atoms with Crippen LogP contribution in [0.3, 0.4) is 0 Å². The molecule has 1 saturated heterocycles. The minimum absolute atomic E-state index is 0.0723. The summed E-state index contributed by atoms with van der Waals surface area (Å²) in [6.45, 7) is 5.47. The number of imidazole rings is 1. The maximum atomic E-state index is 12.5. The molecule has 1 aliphatic heterocycles. The molecule has 3 heterocycles. The number of anilines is 1. The van der Waals surface area contributed by atoms with E-state index in [2.05, 4.69) is 30.1 Å². The topological polar surface area (TPSA) is 77.2 Å². The zero-order valence-electron chi connectivity index (χ0n) is 14.7. The number of carbonyl (C=O) groups is 1. The van der Waals surface area contributed by atoms with Crippen LogP contribution in [0, 0.1) is 0 Å². The number of aromatic nitrogens is 3. The van der Waals surface area contributed by atoms with Crippen molar-refractivity contribution >= 4 is 22.8 Å². The molecule has 2 aliphatic rings. The van der Waals surface area contributed by atoms with Gasteiger partial charge in [0, 0.05) is 38.4 Å². The quantitative estimate of drug-likeness (QED) is 0.881. The average molecular weight is 342 g/mol. The Labute approximate surface area is 147 Å². The van der Waals surface area contributed by atoms with Crippen LogP contribution in [-0.2, 0) is 4.79 Å². The maximum Gasteiger partial charge on any atom is 0.237 e. The van der Waals surface area contributed by atoms with E-state index < -0.39 is 0 Å². The Bertz CT molecular complexity index is 730. The van der Waals surface area contributed by atoms with Crippen molar-refractivity contribution in [3.63, 3.8) is 0 Å². The van der Waals surface area contributed by atoms with Crippen LogP contribution in [0.2, 0.25) is 0 Å². The van der Waals surface area contributed by atoms with Gasteiger partial charge in [-0.2, -0.15) is 0 Å². The third-order valence-electron chi connectivity index (χ3n) is 5.56. The first-order valence-corrected chi connectivity index (χ1v) is 9.30. The first-order valence-electron chi connectivity index (χ1n) is 9.30. The van der Waals surface area contributed by atoms with E-state index in [1.165, 1.54) is 12.8 Å². The van der Waals surface area contributed by atoms with Crippen LogP contribution >= 0.6 is 0 Å². The summed E-state index contributed by atoms with van der Waals surface area (Å²) in [5.41, 5.74) is 1.93. The Morgan fingerprint density at radius 2 is 2.00 bits per heavy atom. The van der Waals surface area contributed by atoms with Gasteiger partial charge in [0.25, 0.3) is 0 Å². The second kappa shape index (κ2) is 7.00. The molecule has 134 valence electrons. The number of hydrogen-bond donors (Lipinski definition) is 2. The molecule has 4 rings (SSSR count). The van der Waals surface area contributed by atoms with E-state index >= 15 is 0 Å². The van der Waals surface area contributed by atoms with E-state index in [0.29, 0.717) is 6.04 Å². The summed E-state index contributed by atoms with van der Waals surface area (Å²) in [5, 5.41) is 3.22. The van der Waals surface area contributed by atoms with E-state index in [1.54, 1.807) is 6.33 Å². The first kappa shape index (κ1) is 16.3. The number of H-pyrrole nitrogens is 1. The van der Waals surface area contributed by atoms with Gasteiger partial charge >= 0.3 is 0 Å². The van der Waals surface area contributed by atoms with Crippen molar-refractivity contribution in [1.29, 1.82) is 0 Å². The van der Waals surface area contributed by atoms with Gasteiger partial charge in [0.1, 0.15) is 5.52 Å². The highest BCUT2D eigenvalue weighted by Crippen LogP contribution is 2.23. The van der Waals surface area contributed by atoms with Gasteiger partial charge < -0.3 is 15.2 Å². The highest BCUT2D eigenvalue weighted by Gasteiger charge is 2.28. The zero-order valence-corrected chi connectivity index (χ0v) is 14.7. The van der Waals surface area contributed by atoms with E-state index in [4.69, 9.17) is 0 Å². The molecule has 1 atom stereocenters. The van der Waals surface area contributed by atoms with Crippen LogP contribution in [0.25, 0.3) is 11.0 Å². The van der Waals surface area contributed by atoms with Gasteiger partial charge in [0.2, 0.25) is 5.91 Å². The fourth-order valence-electron chi connectivity index (χ4n) is 3.96. The van der Waals surface area contributed by atoms with Crippen molar-refractivity contribution in [1.82, 2.24) is 25.2 Å². The molecule has 0 spiro atoms. The van der Waals surface area contributed by atoms with E-state index in [1.807, 2.05) is 19.2 Å². The number of carbonyl (C=O) groups excluding carboxylic acids is 1. The Hall–Kier alpha value is -2.15. The number of hydrogen-bond acceptors (Lipinski definition) is 5. The SMILES string of the molecule is CC(C(=O)NC1CCCC1)N1CCN(c2nccc3[nH]cnc23)CC1. The van der Waals surface area contributed by atoms with E-state index in [0.717, 1.165) is 55.9 Å². The van der Waals surface area contributed by atoms with Crippen molar-refractivity contribution in [3.8, 4) is 0 Å². The molecule has 1 unspecified atom stereocenters. The molecule has 7 nitrogen and oxygen atoms in total. The monoisotopic (exact) mass is 342 g/mol. The van der Waals surface area contributed by atoms with Crippen molar-refractivity contribution in [2.45, 2.75) is 44.7 Å². The van der Waals surface area contributed by atoms with E-state index in [-0.39, 0.29) is 11.9 Å². The second-order valence-corrected chi connectivity index (χ2v) is 7.12. The lowest BCUT2D eigenvalue weighted by molar-refractivity contribution is -0.126. The molecule has 25 heavy (non-hydrogen) atoms. The Morgan fingerprint density at radius 3 is 2.76 bits per heavy atom. The van der Waals surface area contributed by atoms with Crippen molar-refractivity contribution < 1.29 is 4.79 Å². The number of nitrogens with one attached hydrogen (secondary N) is 2. The second-order valence-electron chi connectivity index (χ2n) is 7.12. The first-order chi connectivity index (χ1) is 12.2. The standard InChI is InChI=1S/C18H26N6O/c1-13(18(25)22-14-4-2-3-5-14)23-8-10-24(11-9-23)17-16-15(6-7-19-17)20-12-21-16/h6-7,12-14H,2-5,8-11H2,1H3,(H,20,21)(H,22,25). The molecule has 1 saturated carbocycles. The Morgan fingerprint density at radius 1 is 1.24 bits per heavy atom. The molecule has 1 amide bonds. The molecule has 7 heteroatoms. The summed E-state index contributed by atoms with van der Waals surface area (Å²) in [4.78, 5) is 29.1. The summed E-state index contributed by atoms with van der Waals surface area (Å²) < 4.78 is 0. The normalized spacial score (nSPS) is 20.9. The Kier molecular flexibility index (Phi) is 4.57. The molecule has 1 aliphatic carbocycles. The molecule has 2 N–H and O–H groups in total. The number of rotatable bonds is 4. The van der Waals surface area contributed by atoms with Gasteiger partial charge in [-0.15, -0.1) is 0 Å². The number of nitrogens with zero attached hydrogens (tertiary/aromatic N) is 4. The fourth-order valence-corrected chi connectivity index (χ4v) is 3.96. The molecule has 2 aromatic heterocycles. The predicted molar refractivity (Wildman–Crippen MR) is 97.5 cm³/mol. The third kappa shape index (κ3) is 3.33. The largest absolute Gasteiger partial charge is 0.352 e. The van der Waals surface area contributed by atoms with Crippen LogP contribution in [0.15, 0.2) is 18.6 Å². The lowest BCUT2D eigenvalue weighted by Gasteiger charge is -2.38. The van der Waals surface area contributed by atoms with Crippen LogP contribution in [0.1, 0.15) is 32.6 Å². The fraction of sp³-hybridized carbons (Fsp3) is 0.611. The summed E-state index contributed by atoms with van der Waals surface area (Å²) in [6.07, 6.45) is 8.27. The number of aromatic amines is 1. The molecule has 0 bridgehead atoms. The van der Waals surface area contributed by atoms with Gasteiger partial charge in [-0.25, -0.2) is 9.97 Å². The van der Waals surface area contributed by atoms with Crippen molar-refractivity contribution in [2.75, 3.05) is 31.1 Å². The third-order valence-corrected chi connectivity index (χ3v) is 5.56. The van der Waals surface area contributed by atoms with Crippen LogP contribution in [0.4, 0.5) is 5.82 Å². The smallest absolute Gasteiger partial charge is 0.237 e. The number of amides is 1. The summed E-state index contributed by atoms with van der Waals surface area (Å²) >= 11 is 0. The number of fused-ring (bicyclic) bond motifs is 1. The maximum absolute atomic E-state index is 12.5. The summed E-state index contributed by atoms with van der Waals surface area (Å²) in [6, 6.07) is 2.26. The van der Waals surface area contributed by atoms with Crippen LogP contribution < -0.4 is 10.2 Å². The lowest BCUT2D eigenvalue weighted by Crippen LogP contribution is -2.55. The lowest BCUT2D eigenvalue weighted by atomic mass is 10.2. The number of pyridine rings is 1. The minimum atomic E-state index is -0.0723. The number of piperazine rings is 1. The summed E-state index contributed by atoms with van der Waals surface area (Å²) in [5.74, 6) is 1.11. The molecular weight excluding hydrogens is 316 g/mol. The van der Waals surface area contributed by atoms with Gasteiger partial charge in [-0.3, -0.25) is 9.69 Å². The van der Waals surface area contributed by atoms with Gasteiger partial charge in [0.05, 0.1) is 17.9 Å². The summed E-state index contributed by atoms with van der Waals surface area (Å²) in [7, 11) is 0. The predicted octanol–water partition coefficient (Wildman–Crippen LogP) is 1.53. The average Bonchev–Trinajstić information content (AvgIpc) is 3.32. The molecular formula is C18H26N6O. The van der Waals surface area contributed by atoms with Crippen LogP contribution in [0.5, 0.6) is 0 Å². The Balaban J connectivity index is 1.36. The highest BCUT2D eigenvalue weighted by atomic mass is 16.2. The molecule has 2 fully saturated rings. The molecule has 2 aromatic rings. The molecule has 0 radical (unpaired) electrons. The molecule has 0 aromatic carbocycles. The van der Waals surface area contributed by atoms with Crippen LogP contribution in [-0.4, -0.2) is 64.0 Å². The van der Waals surface area contributed by atoms with E-state index in [9.17, 15) is 4.79 Å². The van der Waals surface area contributed by atoms with Gasteiger partial charge in [0.15, 0.2) is 5.82 Å². The van der Waals surface area contributed by atoms with Gasteiger partial charge in [-0.05, 0) is 25.8 Å². The van der Waals surface area contributed by atoms with Crippen molar-refractivity contribution in [2.24, 2.45) is 0 Å². The van der Waals surface area contributed by atoms with Crippen molar-refractivity contribution in [3.05, 3.63) is 18.6 Å². The highest BCUT2D eigenvalue weighted by molar-refractivity contribution is 5.86. The minimum Gasteiger partial charge on any atom is -0.352 e.